The molecule has 0 heterocycles. The molecule has 0 aliphatic heterocycles. The number of esters is 1. The van der Waals surface area contributed by atoms with Crippen molar-refractivity contribution >= 4 is 21.1 Å². The predicted molar refractivity (Wildman–Crippen MR) is 378 cm³/mol. The summed E-state index contributed by atoms with van der Waals surface area (Å²) < 4.78 is 88.6. The summed E-state index contributed by atoms with van der Waals surface area (Å²) in [5.74, 6) is 9.78. The quantitative estimate of drug-likeness (QED) is 0.0253. The molecule has 14 heteroatoms. The maximum atomic E-state index is 13.8. The van der Waals surface area contributed by atoms with E-state index in [2.05, 4.69) is 39.0 Å². The van der Waals surface area contributed by atoms with Gasteiger partial charge in [0.05, 0.1) is 39.5 Å². The van der Waals surface area contributed by atoms with Gasteiger partial charge in [-0.05, 0) is 258 Å². The highest BCUT2D eigenvalue weighted by Gasteiger charge is 2.62. The Hall–Kier alpha value is -2.46. The molecule has 0 bridgehead atoms. The molecule has 2 aromatic rings. The Labute approximate surface area is 559 Å². The number of unbranched alkanes of at least 4 members (excludes halogenated alkanes) is 7. The number of alkyl halides is 3. The van der Waals surface area contributed by atoms with Crippen molar-refractivity contribution in [2.24, 2.45) is 90.1 Å². The summed E-state index contributed by atoms with van der Waals surface area (Å²) in [5.41, 5.74) is 4.47. The summed E-state index contributed by atoms with van der Waals surface area (Å²) in [6.07, 6.45) is 35.0. The third kappa shape index (κ3) is 18.4. The molecule has 0 radical (unpaired) electrons. The standard InChI is InChI=1S/C75H117F3N2O7P2.3CH4/c1-55(2)70(81)87-65-35-29-59(30-36-65)58-27-33-64(34-28-58)82-48-15-9-10-16-49-83-88(8,84-50-17-11-13-21-56-39-43-71(3)62(53-56)41-45-73(5)66-25-19-23-60(66)31-37-68(71)73)80-89(79-7,86-52-47-75(76,77)78)85-51-18-12-14-22-57-40-44-72(4)63(54-57)42-46-74(6)67-26-20-24-61(67)32-38-69(72)74;;;/h27-30,33-36,56-57,60-63,66-69H,1,9-26,31-32,37-54H2,2-8H3;3*1H4/t56?,57?,60?,61?,62?,63?,66?,67?,68?,69?,71-,72+,73-,74+,88?,89?;;;/m0.../s1. The molecule has 8 aliphatic rings. The SMILES string of the molecule is C.C.C.C=C(C)C(=O)Oc1ccc(-c2ccc(OCCCCCCOP(C)(=NP(=NC)(OCCCCCC3CC[C@]4(C)C(CC[C@]5(C)C6CCCC6CCC45)C3)OCCC(F)(F)F)OCCCCCC3CC[C@@]4(C)C(CC[C@@]5(C)C6CCCC6CCC45)C3)cc2)cc1. The van der Waals surface area contributed by atoms with Crippen LogP contribution in [0.5, 0.6) is 11.5 Å². The van der Waals surface area contributed by atoms with E-state index < -0.39 is 40.3 Å². The number of fused-ring (bicyclic) bond motifs is 10. The Morgan fingerprint density at radius 2 is 0.978 bits per heavy atom. The van der Waals surface area contributed by atoms with Gasteiger partial charge in [-0.1, -0.05) is 151 Å². The first-order valence-electron chi connectivity index (χ1n) is 36.1. The minimum Gasteiger partial charge on any atom is -0.494 e. The molecule has 8 fully saturated rings. The van der Waals surface area contributed by atoms with Gasteiger partial charge in [0.1, 0.15) is 11.5 Å². The fourth-order valence-electron chi connectivity index (χ4n) is 20.9. The van der Waals surface area contributed by atoms with Crippen LogP contribution >= 0.6 is 15.2 Å². The van der Waals surface area contributed by atoms with E-state index in [4.69, 9.17) is 32.1 Å². The van der Waals surface area contributed by atoms with Crippen molar-refractivity contribution < 1.29 is 45.5 Å². The number of halogens is 3. The van der Waals surface area contributed by atoms with Crippen LogP contribution in [0.25, 0.3) is 11.1 Å². The van der Waals surface area contributed by atoms with Crippen molar-refractivity contribution in [2.45, 2.75) is 275 Å². The maximum Gasteiger partial charge on any atom is 0.391 e. The Morgan fingerprint density at radius 3 is 1.45 bits per heavy atom. The second-order valence-corrected chi connectivity index (χ2v) is 35.8. The van der Waals surface area contributed by atoms with Crippen molar-refractivity contribution in [3.8, 4) is 22.6 Å². The van der Waals surface area contributed by atoms with Crippen LogP contribution in [0, 0.1) is 80.8 Å². The highest BCUT2D eigenvalue weighted by atomic mass is 31.2. The van der Waals surface area contributed by atoms with Crippen LogP contribution in [0.1, 0.15) is 269 Å². The maximum absolute atomic E-state index is 13.8. The van der Waals surface area contributed by atoms with Gasteiger partial charge in [0.2, 0.25) is 7.51 Å². The Balaban J connectivity index is 0.00000400. The van der Waals surface area contributed by atoms with Crippen LogP contribution < -0.4 is 9.47 Å². The van der Waals surface area contributed by atoms with Crippen LogP contribution in [0.15, 0.2) is 69.9 Å². The molecule has 92 heavy (non-hydrogen) atoms. The van der Waals surface area contributed by atoms with Crippen LogP contribution in [-0.4, -0.2) is 58.9 Å². The van der Waals surface area contributed by atoms with E-state index in [9.17, 15) is 18.0 Å². The van der Waals surface area contributed by atoms with Gasteiger partial charge >= 0.3 is 19.8 Å². The van der Waals surface area contributed by atoms with Crippen LogP contribution in [0.4, 0.5) is 13.2 Å². The third-order valence-electron chi connectivity index (χ3n) is 25.7. The molecular formula is C78H129F3N2O7P2. The van der Waals surface area contributed by atoms with Gasteiger partial charge in [-0.15, -0.1) is 0 Å². The summed E-state index contributed by atoms with van der Waals surface area (Å²) in [5, 5.41) is 0. The van der Waals surface area contributed by atoms with Crippen LogP contribution in [0.2, 0.25) is 0 Å². The molecule has 10 rings (SSSR count). The summed E-state index contributed by atoms with van der Waals surface area (Å²) in [4.78, 5) is 11.9. The van der Waals surface area contributed by atoms with Gasteiger partial charge in [-0.25, -0.2) is 9.54 Å². The number of rotatable bonds is 30. The molecule has 12 unspecified atom stereocenters. The van der Waals surface area contributed by atoms with Crippen molar-refractivity contribution in [2.75, 3.05) is 46.7 Å². The van der Waals surface area contributed by atoms with Gasteiger partial charge in [-0.3, -0.25) is 0 Å². The average molecular weight is 1330 g/mol. The fourth-order valence-corrected chi connectivity index (χ4v) is 25.7. The first-order valence-corrected chi connectivity index (χ1v) is 39.7. The lowest BCUT2D eigenvalue weighted by Gasteiger charge is -2.64. The van der Waals surface area contributed by atoms with Gasteiger partial charge in [0, 0.05) is 19.3 Å². The monoisotopic (exact) mass is 1320 g/mol. The molecular weight excluding hydrogens is 1200 g/mol. The number of benzene rings is 2. The summed E-state index contributed by atoms with van der Waals surface area (Å²) in [7, 11) is -5.04. The fraction of sp³-hybridized carbons (Fsp3) is 0.808. The zero-order valence-electron chi connectivity index (χ0n) is 56.2. The molecule has 2 aromatic carbocycles. The van der Waals surface area contributed by atoms with Crippen molar-refractivity contribution in [1.82, 2.24) is 0 Å². The highest BCUT2D eigenvalue weighted by Crippen LogP contribution is 2.71. The van der Waals surface area contributed by atoms with Crippen molar-refractivity contribution in [3.63, 3.8) is 0 Å². The Kier molecular flexibility index (Phi) is 28.3. The minimum atomic E-state index is -4.39. The molecule has 16 atom stereocenters. The van der Waals surface area contributed by atoms with Gasteiger partial charge in [0.25, 0.3) is 0 Å². The number of hydrogen-bond donors (Lipinski definition) is 0. The molecule has 0 amide bonds. The van der Waals surface area contributed by atoms with Crippen molar-refractivity contribution in [1.29, 1.82) is 0 Å². The van der Waals surface area contributed by atoms with E-state index in [1.807, 2.05) is 43.1 Å². The van der Waals surface area contributed by atoms with E-state index in [0.29, 0.717) is 59.4 Å². The van der Waals surface area contributed by atoms with E-state index in [0.717, 1.165) is 134 Å². The first kappa shape index (κ1) is 76.9. The topological polar surface area (TPSA) is 97.2 Å². The van der Waals surface area contributed by atoms with Gasteiger partial charge in [-0.2, -0.15) is 17.7 Å². The smallest absolute Gasteiger partial charge is 0.391 e. The van der Waals surface area contributed by atoms with E-state index >= 15 is 0 Å². The summed E-state index contributed by atoms with van der Waals surface area (Å²) >= 11 is 0. The van der Waals surface area contributed by atoms with Crippen LogP contribution in [-0.2, 0) is 22.9 Å². The van der Waals surface area contributed by atoms with E-state index in [1.54, 1.807) is 26.1 Å². The molecule has 8 saturated carbocycles. The molecule has 0 aromatic heterocycles. The van der Waals surface area contributed by atoms with E-state index in [1.165, 1.54) is 148 Å². The molecule has 524 valence electrons. The third-order valence-corrected chi connectivity index (χ3v) is 30.8. The van der Waals surface area contributed by atoms with E-state index in [-0.39, 0.29) is 22.3 Å². The molecule has 0 saturated heterocycles. The Morgan fingerprint density at radius 1 is 0.543 bits per heavy atom. The largest absolute Gasteiger partial charge is 0.494 e. The molecule has 0 N–H and O–H groups in total. The lowest BCUT2D eigenvalue weighted by Crippen LogP contribution is -2.56. The predicted octanol–water partition coefficient (Wildman–Crippen LogP) is 25.2. The number of carbonyl (C=O) groups is 1. The number of hydrogen-bond acceptors (Lipinski definition) is 8. The minimum absolute atomic E-state index is 0. The average Bonchev–Trinajstić information content (AvgIpc) is 1.15. The normalized spacial score (nSPS) is 33.4. The molecule has 9 nitrogen and oxygen atoms in total. The number of carbonyl (C=O) groups excluding carboxylic acids is 1. The number of nitrogens with zero attached hydrogens (tertiary/aromatic N) is 2. The lowest BCUT2D eigenvalue weighted by molar-refractivity contribution is -0.145. The molecule has 0 spiro atoms. The zero-order valence-corrected chi connectivity index (χ0v) is 58.0. The Bertz CT molecular complexity index is 2740. The van der Waals surface area contributed by atoms with Gasteiger partial charge < -0.3 is 27.6 Å². The molecule has 8 aliphatic carbocycles. The summed E-state index contributed by atoms with van der Waals surface area (Å²) in [6, 6.07) is 15.4. The second-order valence-electron chi connectivity index (χ2n) is 31.1. The first-order chi connectivity index (χ1) is 42.7. The zero-order chi connectivity index (χ0) is 62.9. The second kappa shape index (κ2) is 33.9. The highest BCUT2D eigenvalue weighted by molar-refractivity contribution is 7.67. The van der Waals surface area contributed by atoms with Gasteiger partial charge in [0.15, 0.2) is 0 Å². The lowest BCUT2D eigenvalue weighted by atomic mass is 9.41. The van der Waals surface area contributed by atoms with Crippen molar-refractivity contribution in [3.05, 3.63) is 60.7 Å². The van der Waals surface area contributed by atoms with Crippen LogP contribution in [0.3, 0.4) is 0 Å². The summed E-state index contributed by atoms with van der Waals surface area (Å²) in [6.45, 7) is 19.1. The number of ether oxygens (including phenoxy) is 2.